The summed E-state index contributed by atoms with van der Waals surface area (Å²) in [4.78, 5) is 17.0. The number of fused-ring (bicyclic) bond motifs is 1. The van der Waals surface area contributed by atoms with Crippen LogP contribution in [0.2, 0.25) is 0 Å². The summed E-state index contributed by atoms with van der Waals surface area (Å²) in [5, 5.41) is 10.3. The molecule has 1 aliphatic heterocycles. The van der Waals surface area contributed by atoms with Gasteiger partial charge in [0.15, 0.2) is 0 Å². The van der Waals surface area contributed by atoms with E-state index in [1.807, 2.05) is 11.3 Å². The highest BCUT2D eigenvalue weighted by molar-refractivity contribution is 7.11. The first-order valence-corrected chi connectivity index (χ1v) is 9.10. The number of thiazole rings is 1. The zero-order valence-corrected chi connectivity index (χ0v) is 13.8. The van der Waals surface area contributed by atoms with E-state index in [2.05, 4.69) is 20.9 Å². The van der Waals surface area contributed by atoms with Gasteiger partial charge in [-0.2, -0.15) is 5.26 Å². The van der Waals surface area contributed by atoms with Crippen LogP contribution >= 0.6 is 11.3 Å². The summed E-state index contributed by atoms with van der Waals surface area (Å²) >= 11 is 1.92. The van der Waals surface area contributed by atoms with E-state index >= 15 is 0 Å². The minimum absolute atomic E-state index is 0.432. The SMILES string of the molecule is N#Cc1cc(N2CCCC(c3nc4c(s3)CCCC4)C2)ncn1. The Morgan fingerprint density at radius 3 is 3.00 bits per heavy atom. The molecule has 0 amide bonds. The molecule has 0 aromatic carbocycles. The van der Waals surface area contributed by atoms with Crippen molar-refractivity contribution >= 4 is 17.2 Å². The maximum atomic E-state index is 9.02. The quantitative estimate of drug-likeness (QED) is 0.849. The molecule has 0 bridgehead atoms. The van der Waals surface area contributed by atoms with E-state index in [1.165, 1.54) is 47.6 Å². The largest absolute Gasteiger partial charge is 0.356 e. The molecule has 0 saturated carbocycles. The lowest BCUT2D eigenvalue weighted by molar-refractivity contribution is 0.504. The summed E-state index contributed by atoms with van der Waals surface area (Å²) in [5.41, 5.74) is 1.78. The van der Waals surface area contributed by atoms with Gasteiger partial charge in [-0.05, 0) is 38.5 Å². The summed E-state index contributed by atoms with van der Waals surface area (Å²) in [6.07, 6.45) is 8.77. The number of nitriles is 1. The van der Waals surface area contributed by atoms with Gasteiger partial charge >= 0.3 is 0 Å². The molecule has 2 aromatic rings. The molecule has 3 heterocycles. The maximum Gasteiger partial charge on any atom is 0.145 e. The Kier molecular flexibility index (Phi) is 3.96. The van der Waals surface area contributed by atoms with Crippen molar-refractivity contribution < 1.29 is 0 Å². The number of hydrogen-bond acceptors (Lipinski definition) is 6. The average molecular weight is 325 g/mol. The third-order valence-electron chi connectivity index (χ3n) is 4.72. The second-order valence-corrected chi connectivity index (χ2v) is 7.40. The first-order chi connectivity index (χ1) is 11.3. The Hall–Kier alpha value is -2.00. The predicted octanol–water partition coefficient (Wildman–Crippen LogP) is 3.07. The molecular formula is C17H19N5S. The number of aryl methyl sites for hydroxylation is 2. The van der Waals surface area contributed by atoms with Gasteiger partial charge < -0.3 is 4.90 Å². The van der Waals surface area contributed by atoms with E-state index < -0.39 is 0 Å². The second-order valence-electron chi connectivity index (χ2n) is 6.29. The van der Waals surface area contributed by atoms with Gasteiger partial charge in [-0.1, -0.05) is 0 Å². The van der Waals surface area contributed by atoms with Gasteiger partial charge in [0, 0.05) is 30.0 Å². The zero-order chi connectivity index (χ0) is 15.6. The summed E-state index contributed by atoms with van der Waals surface area (Å²) in [6, 6.07) is 3.88. The van der Waals surface area contributed by atoms with Crippen LogP contribution in [0.3, 0.4) is 0 Å². The molecule has 2 aliphatic rings. The number of piperidine rings is 1. The molecule has 1 fully saturated rings. The van der Waals surface area contributed by atoms with E-state index in [0.29, 0.717) is 11.6 Å². The van der Waals surface area contributed by atoms with Crippen LogP contribution in [0.4, 0.5) is 5.82 Å². The van der Waals surface area contributed by atoms with Crippen LogP contribution in [-0.2, 0) is 12.8 Å². The van der Waals surface area contributed by atoms with E-state index in [-0.39, 0.29) is 0 Å². The van der Waals surface area contributed by atoms with Crippen LogP contribution in [0.25, 0.3) is 0 Å². The first kappa shape index (κ1) is 14.6. The van der Waals surface area contributed by atoms with Crippen LogP contribution in [0, 0.1) is 11.3 Å². The van der Waals surface area contributed by atoms with Crippen molar-refractivity contribution in [2.75, 3.05) is 18.0 Å². The van der Waals surface area contributed by atoms with Gasteiger partial charge in [0.1, 0.15) is 23.9 Å². The number of aromatic nitrogens is 3. The fourth-order valence-electron chi connectivity index (χ4n) is 3.51. The van der Waals surface area contributed by atoms with Crippen LogP contribution in [-0.4, -0.2) is 28.0 Å². The Bertz CT molecular complexity index is 724. The lowest BCUT2D eigenvalue weighted by Crippen LogP contribution is -2.35. The molecule has 1 aliphatic carbocycles. The van der Waals surface area contributed by atoms with Crippen LogP contribution in [0.15, 0.2) is 12.4 Å². The molecule has 5 nitrogen and oxygen atoms in total. The molecule has 23 heavy (non-hydrogen) atoms. The Balaban J connectivity index is 1.55. The molecule has 1 atom stereocenters. The van der Waals surface area contributed by atoms with Crippen LogP contribution in [0.1, 0.15) is 52.9 Å². The lowest BCUT2D eigenvalue weighted by Gasteiger charge is -2.32. The monoisotopic (exact) mass is 325 g/mol. The Morgan fingerprint density at radius 1 is 1.22 bits per heavy atom. The smallest absolute Gasteiger partial charge is 0.145 e. The van der Waals surface area contributed by atoms with Crippen molar-refractivity contribution in [2.24, 2.45) is 0 Å². The van der Waals surface area contributed by atoms with E-state index in [0.717, 1.165) is 31.7 Å². The molecule has 1 saturated heterocycles. The molecule has 1 unspecified atom stereocenters. The number of rotatable bonds is 2. The molecular weight excluding hydrogens is 306 g/mol. The number of hydrogen-bond donors (Lipinski definition) is 0. The lowest BCUT2D eigenvalue weighted by atomic mass is 9.98. The highest BCUT2D eigenvalue weighted by atomic mass is 32.1. The number of anilines is 1. The fraction of sp³-hybridized carbons (Fsp3) is 0.529. The normalized spacial score (nSPS) is 20.8. The van der Waals surface area contributed by atoms with Gasteiger partial charge in [-0.15, -0.1) is 11.3 Å². The molecule has 0 radical (unpaired) electrons. The second kappa shape index (κ2) is 6.25. The summed E-state index contributed by atoms with van der Waals surface area (Å²) < 4.78 is 0. The summed E-state index contributed by atoms with van der Waals surface area (Å²) in [5.74, 6) is 1.35. The van der Waals surface area contributed by atoms with Crippen molar-refractivity contribution in [3.8, 4) is 6.07 Å². The molecule has 4 rings (SSSR count). The average Bonchev–Trinajstić information content (AvgIpc) is 3.06. The minimum Gasteiger partial charge on any atom is -0.356 e. The van der Waals surface area contributed by atoms with E-state index in [4.69, 9.17) is 10.2 Å². The summed E-state index contributed by atoms with van der Waals surface area (Å²) in [7, 11) is 0. The zero-order valence-electron chi connectivity index (χ0n) is 13.0. The topological polar surface area (TPSA) is 65.7 Å². The van der Waals surface area contributed by atoms with Crippen molar-refractivity contribution in [2.45, 2.75) is 44.4 Å². The van der Waals surface area contributed by atoms with Crippen molar-refractivity contribution in [3.63, 3.8) is 0 Å². The maximum absolute atomic E-state index is 9.02. The standard InChI is InChI=1S/C17H19N5S/c18-9-13-8-16(20-11-19-13)22-7-3-4-12(10-22)17-21-14-5-1-2-6-15(14)23-17/h8,11-12H,1-7,10H2. The highest BCUT2D eigenvalue weighted by Gasteiger charge is 2.26. The molecule has 2 aromatic heterocycles. The summed E-state index contributed by atoms with van der Waals surface area (Å²) in [6.45, 7) is 1.93. The third-order valence-corrected chi connectivity index (χ3v) is 6.04. The molecule has 6 heteroatoms. The van der Waals surface area contributed by atoms with Crippen LogP contribution < -0.4 is 4.90 Å². The van der Waals surface area contributed by atoms with Crippen molar-refractivity contribution in [1.29, 1.82) is 5.26 Å². The van der Waals surface area contributed by atoms with Gasteiger partial charge in [-0.25, -0.2) is 15.0 Å². The minimum atomic E-state index is 0.432. The number of nitrogens with zero attached hydrogens (tertiary/aromatic N) is 5. The molecule has 0 N–H and O–H groups in total. The Morgan fingerprint density at radius 2 is 2.13 bits per heavy atom. The van der Waals surface area contributed by atoms with E-state index in [1.54, 1.807) is 6.07 Å². The molecule has 118 valence electrons. The van der Waals surface area contributed by atoms with Gasteiger partial charge in [-0.3, -0.25) is 0 Å². The fourth-order valence-corrected chi connectivity index (χ4v) is 4.79. The molecule has 0 spiro atoms. The highest BCUT2D eigenvalue weighted by Crippen LogP contribution is 2.35. The van der Waals surface area contributed by atoms with Crippen molar-refractivity contribution in [3.05, 3.63) is 33.7 Å². The first-order valence-electron chi connectivity index (χ1n) is 8.29. The van der Waals surface area contributed by atoms with Gasteiger partial charge in [0.05, 0.1) is 10.7 Å². The van der Waals surface area contributed by atoms with Crippen molar-refractivity contribution in [1.82, 2.24) is 15.0 Å². The van der Waals surface area contributed by atoms with E-state index in [9.17, 15) is 0 Å². The van der Waals surface area contributed by atoms with Gasteiger partial charge in [0.2, 0.25) is 0 Å². The van der Waals surface area contributed by atoms with Gasteiger partial charge in [0.25, 0.3) is 0 Å². The Labute approximate surface area is 140 Å². The predicted molar refractivity (Wildman–Crippen MR) is 89.7 cm³/mol. The van der Waals surface area contributed by atoms with Crippen LogP contribution in [0.5, 0.6) is 0 Å². The third kappa shape index (κ3) is 2.93.